The molecule has 0 radical (unpaired) electrons. The van der Waals surface area contributed by atoms with Crippen molar-refractivity contribution in [1.82, 2.24) is 4.90 Å². The van der Waals surface area contributed by atoms with Gasteiger partial charge in [0.1, 0.15) is 5.75 Å². The number of piperazine rings is 1. The van der Waals surface area contributed by atoms with Gasteiger partial charge in [-0.25, -0.2) is 0 Å². The Hall–Kier alpha value is -1.91. The first-order chi connectivity index (χ1) is 11.0. The summed E-state index contributed by atoms with van der Waals surface area (Å²) in [6.45, 7) is 2.69. The van der Waals surface area contributed by atoms with Gasteiger partial charge in [0.05, 0.1) is 10.6 Å². The molecule has 6 heteroatoms. The fraction of sp³-hybridized carbons (Fsp3) is 0.235. The number of rotatable bonds is 2. The molecule has 0 aliphatic carbocycles. The van der Waals surface area contributed by atoms with E-state index in [4.69, 9.17) is 23.2 Å². The summed E-state index contributed by atoms with van der Waals surface area (Å²) in [5, 5.41) is 10.3. The minimum atomic E-state index is -0.0946. The highest BCUT2D eigenvalue weighted by atomic mass is 35.5. The first-order valence-electron chi connectivity index (χ1n) is 7.33. The average Bonchev–Trinajstić information content (AvgIpc) is 2.57. The van der Waals surface area contributed by atoms with Crippen LogP contribution in [0.25, 0.3) is 0 Å². The molecule has 23 heavy (non-hydrogen) atoms. The zero-order valence-corrected chi connectivity index (χ0v) is 13.9. The maximum atomic E-state index is 12.6. The second-order valence-corrected chi connectivity index (χ2v) is 6.26. The fourth-order valence-electron chi connectivity index (χ4n) is 2.66. The molecule has 3 rings (SSSR count). The molecule has 1 heterocycles. The summed E-state index contributed by atoms with van der Waals surface area (Å²) < 4.78 is 0. The van der Waals surface area contributed by atoms with E-state index in [0.717, 1.165) is 18.8 Å². The molecule has 0 atom stereocenters. The Labute approximate surface area is 144 Å². The number of hydrogen-bond acceptors (Lipinski definition) is 3. The lowest BCUT2D eigenvalue weighted by molar-refractivity contribution is 0.0747. The van der Waals surface area contributed by atoms with E-state index in [2.05, 4.69) is 4.90 Å². The topological polar surface area (TPSA) is 43.8 Å². The van der Waals surface area contributed by atoms with Crippen molar-refractivity contribution in [1.29, 1.82) is 0 Å². The van der Waals surface area contributed by atoms with Gasteiger partial charge >= 0.3 is 0 Å². The molecule has 120 valence electrons. The molecular formula is C17H16Cl2N2O2. The molecule has 1 fully saturated rings. The summed E-state index contributed by atoms with van der Waals surface area (Å²) in [6.07, 6.45) is 0. The van der Waals surface area contributed by atoms with Crippen molar-refractivity contribution in [3.05, 3.63) is 58.1 Å². The second kappa shape index (κ2) is 6.69. The molecule has 0 aromatic heterocycles. The SMILES string of the molecule is O=C(c1cc(Cl)ccc1Cl)N1CCN(c2ccc(O)cc2)CC1. The minimum Gasteiger partial charge on any atom is -0.508 e. The van der Waals surface area contributed by atoms with E-state index in [1.54, 1.807) is 35.2 Å². The molecular weight excluding hydrogens is 335 g/mol. The molecule has 4 nitrogen and oxygen atoms in total. The standard InChI is InChI=1S/C17H16Cl2N2O2/c18-12-1-6-16(19)15(11-12)17(23)21-9-7-20(8-10-21)13-2-4-14(22)5-3-13/h1-6,11,22H,7-10H2. The number of hydrogen-bond donors (Lipinski definition) is 1. The Kier molecular flexibility index (Phi) is 4.64. The maximum Gasteiger partial charge on any atom is 0.255 e. The molecule has 1 aliphatic rings. The summed E-state index contributed by atoms with van der Waals surface area (Å²) in [5.41, 5.74) is 1.48. The van der Waals surface area contributed by atoms with Crippen LogP contribution in [0.2, 0.25) is 10.0 Å². The Morgan fingerprint density at radius 1 is 0.957 bits per heavy atom. The lowest BCUT2D eigenvalue weighted by Crippen LogP contribution is -2.48. The van der Waals surface area contributed by atoms with E-state index in [0.29, 0.717) is 28.7 Å². The quantitative estimate of drug-likeness (QED) is 0.898. The number of anilines is 1. The van der Waals surface area contributed by atoms with E-state index in [9.17, 15) is 9.90 Å². The lowest BCUT2D eigenvalue weighted by atomic mass is 10.1. The van der Waals surface area contributed by atoms with Crippen molar-refractivity contribution in [3.8, 4) is 5.75 Å². The largest absolute Gasteiger partial charge is 0.508 e. The molecule has 0 spiro atoms. The van der Waals surface area contributed by atoms with Gasteiger partial charge in [0.15, 0.2) is 0 Å². The highest BCUT2D eigenvalue weighted by molar-refractivity contribution is 6.35. The van der Waals surface area contributed by atoms with Crippen molar-refractivity contribution in [2.24, 2.45) is 0 Å². The highest BCUT2D eigenvalue weighted by Crippen LogP contribution is 2.24. The molecule has 1 amide bonds. The van der Waals surface area contributed by atoms with Crippen LogP contribution in [0.15, 0.2) is 42.5 Å². The van der Waals surface area contributed by atoms with E-state index < -0.39 is 0 Å². The third kappa shape index (κ3) is 3.54. The smallest absolute Gasteiger partial charge is 0.255 e. The number of nitrogens with zero attached hydrogens (tertiary/aromatic N) is 2. The monoisotopic (exact) mass is 350 g/mol. The summed E-state index contributed by atoms with van der Waals surface area (Å²) in [5.74, 6) is 0.154. The average molecular weight is 351 g/mol. The van der Waals surface area contributed by atoms with Crippen molar-refractivity contribution >= 4 is 34.8 Å². The van der Waals surface area contributed by atoms with Gasteiger partial charge in [-0.1, -0.05) is 23.2 Å². The van der Waals surface area contributed by atoms with Crippen molar-refractivity contribution in [3.63, 3.8) is 0 Å². The summed E-state index contributed by atoms with van der Waals surface area (Å²) in [7, 11) is 0. The number of carbonyl (C=O) groups excluding carboxylic acids is 1. The number of aromatic hydroxyl groups is 1. The normalized spacial score (nSPS) is 14.9. The Morgan fingerprint density at radius 2 is 1.61 bits per heavy atom. The van der Waals surface area contributed by atoms with Gasteiger partial charge in [-0.05, 0) is 42.5 Å². The summed E-state index contributed by atoms with van der Waals surface area (Å²) in [6, 6.07) is 12.0. The zero-order valence-electron chi connectivity index (χ0n) is 12.4. The van der Waals surface area contributed by atoms with Crippen LogP contribution in [-0.4, -0.2) is 42.1 Å². The Bertz CT molecular complexity index is 711. The number of amides is 1. The predicted octanol–water partition coefficient (Wildman–Crippen LogP) is 3.66. The van der Waals surface area contributed by atoms with Crippen molar-refractivity contribution < 1.29 is 9.90 Å². The number of phenolic OH excluding ortho intramolecular Hbond substituents is 1. The number of phenols is 1. The Balaban J connectivity index is 1.67. The predicted molar refractivity (Wildman–Crippen MR) is 92.7 cm³/mol. The minimum absolute atomic E-state index is 0.0946. The van der Waals surface area contributed by atoms with Crippen LogP contribution >= 0.6 is 23.2 Å². The second-order valence-electron chi connectivity index (χ2n) is 5.42. The van der Waals surface area contributed by atoms with E-state index in [1.807, 2.05) is 12.1 Å². The molecule has 1 saturated heterocycles. The van der Waals surface area contributed by atoms with E-state index in [1.165, 1.54) is 0 Å². The van der Waals surface area contributed by atoms with Crippen LogP contribution in [0, 0.1) is 0 Å². The number of carbonyl (C=O) groups is 1. The third-order valence-electron chi connectivity index (χ3n) is 3.94. The molecule has 1 aliphatic heterocycles. The maximum absolute atomic E-state index is 12.6. The summed E-state index contributed by atoms with van der Waals surface area (Å²) in [4.78, 5) is 16.6. The third-order valence-corrected chi connectivity index (χ3v) is 4.51. The van der Waals surface area contributed by atoms with Crippen molar-refractivity contribution in [2.75, 3.05) is 31.1 Å². The fourth-order valence-corrected chi connectivity index (χ4v) is 3.03. The molecule has 0 bridgehead atoms. The highest BCUT2D eigenvalue weighted by Gasteiger charge is 2.24. The van der Waals surface area contributed by atoms with E-state index in [-0.39, 0.29) is 11.7 Å². The molecule has 0 unspecified atom stereocenters. The van der Waals surface area contributed by atoms with Gasteiger partial charge < -0.3 is 14.9 Å². The van der Waals surface area contributed by atoms with Crippen LogP contribution in [0.1, 0.15) is 10.4 Å². The first kappa shape index (κ1) is 16.0. The van der Waals surface area contributed by atoms with Gasteiger partial charge in [0.2, 0.25) is 0 Å². The van der Waals surface area contributed by atoms with Gasteiger partial charge in [-0.3, -0.25) is 4.79 Å². The van der Waals surface area contributed by atoms with Gasteiger partial charge in [-0.15, -0.1) is 0 Å². The lowest BCUT2D eigenvalue weighted by Gasteiger charge is -2.36. The first-order valence-corrected chi connectivity index (χ1v) is 8.08. The molecule has 0 saturated carbocycles. The molecule has 1 N–H and O–H groups in total. The van der Waals surface area contributed by atoms with Crippen molar-refractivity contribution in [2.45, 2.75) is 0 Å². The van der Waals surface area contributed by atoms with Crippen LogP contribution in [0.5, 0.6) is 5.75 Å². The number of halogens is 2. The Morgan fingerprint density at radius 3 is 2.26 bits per heavy atom. The molecule has 2 aromatic rings. The number of benzene rings is 2. The van der Waals surface area contributed by atoms with Crippen LogP contribution < -0.4 is 4.90 Å². The zero-order chi connectivity index (χ0) is 16.4. The van der Waals surface area contributed by atoms with Gasteiger partial charge in [-0.2, -0.15) is 0 Å². The van der Waals surface area contributed by atoms with Gasteiger partial charge in [0.25, 0.3) is 5.91 Å². The summed E-state index contributed by atoms with van der Waals surface area (Å²) >= 11 is 12.1. The van der Waals surface area contributed by atoms with E-state index >= 15 is 0 Å². The van der Waals surface area contributed by atoms with Crippen LogP contribution in [0.3, 0.4) is 0 Å². The van der Waals surface area contributed by atoms with Gasteiger partial charge in [0, 0.05) is 36.9 Å². The molecule has 2 aromatic carbocycles. The van der Waals surface area contributed by atoms with Crippen LogP contribution in [-0.2, 0) is 0 Å². The van der Waals surface area contributed by atoms with Crippen LogP contribution in [0.4, 0.5) is 5.69 Å².